The van der Waals surface area contributed by atoms with Crippen molar-refractivity contribution < 1.29 is 24.1 Å². The van der Waals surface area contributed by atoms with Crippen molar-refractivity contribution in [3.8, 4) is 11.5 Å². The van der Waals surface area contributed by atoms with Gasteiger partial charge in [0.25, 0.3) is 0 Å². The molecule has 118 valence electrons. The van der Waals surface area contributed by atoms with Gasteiger partial charge in [0.15, 0.2) is 11.5 Å². The standard InChI is InChI=1S/C15H23NO5/c1-5-11(9-17)16-14(15(18)21-4)10-6-7-12(19-2)13(8-10)20-3/h6-8,11,14,16-17H,5,9H2,1-4H3. The number of ether oxygens (including phenoxy) is 3. The Kier molecular flexibility index (Phi) is 6.98. The Morgan fingerprint density at radius 3 is 2.38 bits per heavy atom. The van der Waals surface area contributed by atoms with Crippen LogP contribution in [0.25, 0.3) is 0 Å². The highest BCUT2D eigenvalue weighted by Crippen LogP contribution is 2.30. The summed E-state index contributed by atoms with van der Waals surface area (Å²) in [6.07, 6.45) is 0.692. The van der Waals surface area contributed by atoms with Crippen LogP contribution in [0.3, 0.4) is 0 Å². The summed E-state index contributed by atoms with van der Waals surface area (Å²) in [6.45, 7) is 1.87. The van der Waals surface area contributed by atoms with Crippen LogP contribution in [0.2, 0.25) is 0 Å². The van der Waals surface area contributed by atoms with Crippen LogP contribution in [-0.2, 0) is 9.53 Å². The van der Waals surface area contributed by atoms with E-state index >= 15 is 0 Å². The van der Waals surface area contributed by atoms with E-state index in [1.54, 1.807) is 25.3 Å². The molecule has 0 aromatic heterocycles. The van der Waals surface area contributed by atoms with E-state index < -0.39 is 12.0 Å². The van der Waals surface area contributed by atoms with Gasteiger partial charge in [0, 0.05) is 6.04 Å². The molecule has 0 saturated carbocycles. The maximum Gasteiger partial charge on any atom is 0.327 e. The molecule has 2 N–H and O–H groups in total. The fourth-order valence-corrected chi connectivity index (χ4v) is 1.99. The fourth-order valence-electron chi connectivity index (χ4n) is 1.99. The third-order valence-electron chi connectivity index (χ3n) is 3.29. The van der Waals surface area contributed by atoms with Crippen molar-refractivity contribution in [3.05, 3.63) is 23.8 Å². The molecule has 1 aromatic rings. The highest BCUT2D eigenvalue weighted by molar-refractivity contribution is 5.78. The Hall–Kier alpha value is -1.79. The summed E-state index contributed by atoms with van der Waals surface area (Å²) >= 11 is 0. The van der Waals surface area contributed by atoms with Gasteiger partial charge in [-0.15, -0.1) is 0 Å². The first-order chi connectivity index (χ1) is 10.1. The second-order valence-electron chi connectivity index (χ2n) is 4.53. The van der Waals surface area contributed by atoms with Crippen molar-refractivity contribution in [2.24, 2.45) is 0 Å². The predicted molar refractivity (Wildman–Crippen MR) is 78.6 cm³/mol. The smallest absolute Gasteiger partial charge is 0.327 e. The van der Waals surface area contributed by atoms with Crippen LogP contribution in [0, 0.1) is 0 Å². The molecule has 0 aliphatic rings. The quantitative estimate of drug-likeness (QED) is 0.704. The third-order valence-corrected chi connectivity index (χ3v) is 3.29. The molecule has 0 amide bonds. The molecule has 0 fully saturated rings. The number of esters is 1. The lowest BCUT2D eigenvalue weighted by Gasteiger charge is -2.23. The summed E-state index contributed by atoms with van der Waals surface area (Å²) < 4.78 is 15.3. The summed E-state index contributed by atoms with van der Waals surface area (Å²) in [5.74, 6) is 0.691. The minimum Gasteiger partial charge on any atom is -0.493 e. The summed E-state index contributed by atoms with van der Waals surface area (Å²) in [7, 11) is 4.41. The number of benzene rings is 1. The van der Waals surface area contributed by atoms with E-state index in [4.69, 9.17) is 14.2 Å². The van der Waals surface area contributed by atoms with Gasteiger partial charge in [0.2, 0.25) is 0 Å². The highest BCUT2D eigenvalue weighted by atomic mass is 16.5. The molecule has 6 nitrogen and oxygen atoms in total. The first kappa shape index (κ1) is 17.3. The Morgan fingerprint density at radius 2 is 1.90 bits per heavy atom. The van der Waals surface area contributed by atoms with Crippen LogP contribution < -0.4 is 14.8 Å². The fraction of sp³-hybridized carbons (Fsp3) is 0.533. The Morgan fingerprint density at radius 1 is 1.24 bits per heavy atom. The van der Waals surface area contributed by atoms with Crippen molar-refractivity contribution in [2.45, 2.75) is 25.4 Å². The van der Waals surface area contributed by atoms with Crippen LogP contribution in [0.5, 0.6) is 11.5 Å². The van der Waals surface area contributed by atoms with Crippen molar-refractivity contribution in [1.82, 2.24) is 5.32 Å². The minimum absolute atomic E-state index is 0.0583. The van der Waals surface area contributed by atoms with Gasteiger partial charge in [-0.2, -0.15) is 0 Å². The van der Waals surface area contributed by atoms with Gasteiger partial charge in [0.1, 0.15) is 6.04 Å². The lowest BCUT2D eigenvalue weighted by Crippen LogP contribution is -2.39. The molecule has 1 aromatic carbocycles. The Labute approximate surface area is 125 Å². The topological polar surface area (TPSA) is 77.0 Å². The first-order valence-corrected chi connectivity index (χ1v) is 6.77. The Balaban J connectivity index is 3.11. The van der Waals surface area contributed by atoms with Crippen LogP contribution >= 0.6 is 0 Å². The summed E-state index contributed by atoms with van der Waals surface area (Å²) in [6, 6.07) is 4.34. The normalized spacial score (nSPS) is 13.4. The van der Waals surface area contributed by atoms with Gasteiger partial charge < -0.3 is 19.3 Å². The summed E-state index contributed by atoms with van der Waals surface area (Å²) in [4.78, 5) is 12.0. The largest absolute Gasteiger partial charge is 0.493 e. The molecule has 0 heterocycles. The minimum atomic E-state index is -0.674. The van der Waals surface area contributed by atoms with E-state index in [2.05, 4.69) is 5.32 Å². The molecular weight excluding hydrogens is 274 g/mol. The monoisotopic (exact) mass is 297 g/mol. The van der Waals surface area contributed by atoms with Gasteiger partial charge >= 0.3 is 5.97 Å². The lowest BCUT2D eigenvalue weighted by atomic mass is 10.0. The molecule has 0 aliphatic heterocycles. The number of hydrogen-bond acceptors (Lipinski definition) is 6. The molecule has 6 heteroatoms. The number of carbonyl (C=O) groups is 1. The average Bonchev–Trinajstić information content (AvgIpc) is 2.54. The number of aliphatic hydroxyl groups excluding tert-OH is 1. The number of methoxy groups -OCH3 is 3. The van der Waals surface area contributed by atoms with Gasteiger partial charge in [-0.05, 0) is 24.1 Å². The molecule has 0 bridgehead atoms. The lowest BCUT2D eigenvalue weighted by molar-refractivity contribution is -0.143. The van der Waals surface area contributed by atoms with E-state index in [0.29, 0.717) is 23.5 Å². The van der Waals surface area contributed by atoms with Gasteiger partial charge in [0.05, 0.1) is 27.9 Å². The predicted octanol–water partition coefficient (Wildman–Crippen LogP) is 1.28. The van der Waals surface area contributed by atoms with Gasteiger partial charge in [-0.1, -0.05) is 13.0 Å². The number of hydrogen-bond donors (Lipinski definition) is 2. The molecule has 0 spiro atoms. The van der Waals surface area contributed by atoms with Crippen molar-refractivity contribution in [1.29, 1.82) is 0 Å². The van der Waals surface area contributed by atoms with Crippen molar-refractivity contribution in [3.63, 3.8) is 0 Å². The molecule has 1 rings (SSSR count). The molecule has 0 saturated heterocycles. The van der Waals surface area contributed by atoms with Crippen LogP contribution in [0.4, 0.5) is 0 Å². The molecule has 2 unspecified atom stereocenters. The maximum absolute atomic E-state index is 12.0. The second-order valence-corrected chi connectivity index (χ2v) is 4.53. The van der Waals surface area contributed by atoms with Crippen LogP contribution in [0.1, 0.15) is 24.9 Å². The van der Waals surface area contributed by atoms with Crippen molar-refractivity contribution in [2.75, 3.05) is 27.9 Å². The van der Waals surface area contributed by atoms with E-state index in [1.807, 2.05) is 6.92 Å². The van der Waals surface area contributed by atoms with Crippen LogP contribution in [-0.4, -0.2) is 45.1 Å². The molecule has 0 aliphatic carbocycles. The number of aliphatic hydroxyl groups is 1. The molecular formula is C15H23NO5. The second kappa shape index (κ2) is 8.49. The van der Waals surface area contributed by atoms with Gasteiger partial charge in [-0.3, -0.25) is 5.32 Å². The van der Waals surface area contributed by atoms with E-state index in [-0.39, 0.29) is 12.6 Å². The first-order valence-electron chi connectivity index (χ1n) is 6.77. The SMILES string of the molecule is CCC(CO)NC(C(=O)OC)c1ccc(OC)c(OC)c1. The van der Waals surface area contributed by atoms with Crippen molar-refractivity contribution >= 4 is 5.97 Å². The Bertz CT molecular complexity index is 459. The number of nitrogens with one attached hydrogen (secondary N) is 1. The maximum atomic E-state index is 12.0. The third kappa shape index (κ3) is 4.34. The van der Waals surface area contributed by atoms with Gasteiger partial charge in [-0.25, -0.2) is 4.79 Å². The zero-order chi connectivity index (χ0) is 15.8. The zero-order valence-corrected chi connectivity index (χ0v) is 12.9. The van der Waals surface area contributed by atoms with E-state index in [1.165, 1.54) is 14.2 Å². The summed E-state index contributed by atoms with van der Waals surface area (Å²) in [5.41, 5.74) is 0.686. The summed E-state index contributed by atoms with van der Waals surface area (Å²) in [5, 5.41) is 12.4. The number of carbonyl (C=O) groups excluding carboxylic acids is 1. The molecule has 21 heavy (non-hydrogen) atoms. The van der Waals surface area contributed by atoms with Crippen LogP contribution in [0.15, 0.2) is 18.2 Å². The average molecular weight is 297 g/mol. The molecule has 2 atom stereocenters. The van der Waals surface area contributed by atoms with E-state index in [0.717, 1.165) is 0 Å². The highest BCUT2D eigenvalue weighted by Gasteiger charge is 2.25. The zero-order valence-electron chi connectivity index (χ0n) is 12.9. The van der Waals surface area contributed by atoms with E-state index in [9.17, 15) is 9.90 Å². The molecule has 0 radical (unpaired) electrons. The number of rotatable bonds is 8.